The van der Waals surface area contributed by atoms with E-state index in [0.29, 0.717) is 44.0 Å². The Morgan fingerprint density at radius 3 is 3.00 bits per heavy atom. The van der Waals surface area contributed by atoms with Gasteiger partial charge in [-0.2, -0.15) is 0 Å². The summed E-state index contributed by atoms with van der Waals surface area (Å²) in [4.78, 5) is 23.4. The minimum atomic E-state index is -1.02. The average Bonchev–Trinajstić information content (AvgIpc) is 3.18. The molecule has 3 heterocycles. The van der Waals surface area contributed by atoms with Crippen LogP contribution in [-0.4, -0.2) is 59.4 Å². The lowest BCUT2D eigenvalue weighted by atomic mass is 10.0. The van der Waals surface area contributed by atoms with Crippen LogP contribution >= 0.6 is 0 Å². The number of aliphatic hydroxyl groups is 1. The number of hydrogen-bond donors (Lipinski definition) is 3. The first-order valence-corrected chi connectivity index (χ1v) is 9.96. The minimum absolute atomic E-state index is 0.159. The molecule has 0 bridgehead atoms. The number of aromatic nitrogens is 2. The molecular weight excluding hydrogens is 382 g/mol. The van der Waals surface area contributed by atoms with Crippen molar-refractivity contribution in [2.24, 2.45) is 5.73 Å². The fourth-order valence-corrected chi connectivity index (χ4v) is 3.68. The summed E-state index contributed by atoms with van der Waals surface area (Å²) in [5, 5.41) is 13.9. The fourth-order valence-electron chi connectivity index (χ4n) is 3.68. The standard InChI is InChI=1S/C22H25N5O3/c23-8-12-30-17-4-1-3-16(13-17)21(28)26-14-22(29)7-11-27(15-22)19-6-10-24-18-5-2-9-25-20(18)19/h1-6,9-10,13,29H,7-8,11-12,14-15,23H2,(H,26,28). The fraction of sp³-hybridized carbons (Fsp3) is 0.318. The van der Waals surface area contributed by atoms with Crippen LogP contribution in [0.1, 0.15) is 16.8 Å². The highest BCUT2D eigenvalue weighted by Gasteiger charge is 2.37. The molecule has 2 aromatic heterocycles. The Morgan fingerprint density at radius 2 is 2.13 bits per heavy atom. The second-order valence-corrected chi connectivity index (χ2v) is 7.44. The van der Waals surface area contributed by atoms with Crippen LogP contribution in [0.15, 0.2) is 54.9 Å². The number of ether oxygens (including phenoxy) is 1. The van der Waals surface area contributed by atoms with Crippen molar-refractivity contribution in [2.75, 3.05) is 37.7 Å². The van der Waals surface area contributed by atoms with Crippen LogP contribution in [0, 0.1) is 0 Å². The Balaban J connectivity index is 1.40. The van der Waals surface area contributed by atoms with Crippen molar-refractivity contribution in [3.63, 3.8) is 0 Å². The van der Waals surface area contributed by atoms with E-state index in [-0.39, 0.29) is 12.5 Å². The van der Waals surface area contributed by atoms with Gasteiger partial charge in [0, 0.05) is 44.1 Å². The van der Waals surface area contributed by atoms with E-state index in [9.17, 15) is 9.90 Å². The molecule has 1 aliphatic rings. The third-order valence-electron chi connectivity index (χ3n) is 5.21. The second kappa shape index (κ2) is 8.64. The van der Waals surface area contributed by atoms with Crippen LogP contribution in [0.2, 0.25) is 0 Å². The first-order valence-electron chi connectivity index (χ1n) is 9.96. The van der Waals surface area contributed by atoms with Gasteiger partial charge in [0.2, 0.25) is 0 Å². The molecule has 0 saturated carbocycles. The molecule has 0 aliphatic carbocycles. The van der Waals surface area contributed by atoms with Gasteiger partial charge in [0.15, 0.2) is 0 Å². The molecule has 1 amide bonds. The van der Waals surface area contributed by atoms with Gasteiger partial charge in [0.05, 0.1) is 11.2 Å². The summed E-state index contributed by atoms with van der Waals surface area (Å²) >= 11 is 0. The molecular formula is C22H25N5O3. The third kappa shape index (κ3) is 4.34. The highest BCUT2D eigenvalue weighted by atomic mass is 16.5. The number of nitrogens with one attached hydrogen (secondary N) is 1. The topological polar surface area (TPSA) is 114 Å². The van der Waals surface area contributed by atoms with Gasteiger partial charge < -0.3 is 25.8 Å². The lowest BCUT2D eigenvalue weighted by Gasteiger charge is -2.25. The summed E-state index contributed by atoms with van der Waals surface area (Å²) in [7, 11) is 0. The van der Waals surface area contributed by atoms with E-state index >= 15 is 0 Å². The van der Waals surface area contributed by atoms with Crippen LogP contribution in [0.25, 0.3) is 11.0 Å². The van der Waals surface area contributed by atoms with Gasteiger partial charge in [0.1, 0.15) is 23.5 Å². The molecule has 4 N–H and O–H groups in total. The highest BCUT2D eigenvalue weighted by molar-refractivity contribution is 5.94. The molecule has 8 nitrogen and oxygen atoms in total. The Labute approximate surface area is 174 Å². The highest BCUT2D eigenvalue weighted by Crippen LogP contribution is 2.30. The van der Waals surface area contributed by atoms with Crippen LogP contribution in [0.4, 0.5) is 5.69 Å². The number of nitrogens with two attached hydrogens (primary N) is 1. The van der Waals surface area contributed by atoms with E-state index in [1.54, 1.807) is 36.7 Å². The lowest BCUT2D eigenvalue weighted by Crippen LogP contribution is -2.45. The van der Waals surface area contributed by atoms with Gasteiger partial charge in [0.25, 0.3) is 5.91 Å². The zero-order valence-electron chi connectivity index (χ0n) is 16.6. The molecule has 1 atom stereocenters. The average molecular weight is 407 g/mol. The van der Waals surface area contributed by atoms with Gasteiger partial charge in [-0.05, 0) is 42.8 Å². The molecule has 0 spiro atoms. The zero-order valence-corrected chi connectivity index (χ0v) is 16.6. The van der Waals surface area contributed by atoms with Crippen molar-refractivity contribution >= 4 is 22.6 Å². The molecule has 3 aromatic rings. The number of pyridine rings is 2. The quantitative estimate of drug-likeness (QED) is 0.542. The summed E-state index contributed by atoms with van der Waals surface area (Å²) < 4.78 is 5.47. The van der Waals surface area contributed by atoms with E-state index in [2.05, 4.69) is 20.2 Å². The Kier molecular flexibility index (Phi) is 5.78. The molecule has 1 saturated heterocycles. The monoisotopic (exact) mass is 407 g/mol. The summed E-state index contributed by atoms with van der Waals surface area (Å²) in [5.41, 5.74) is 7.47. The summed E-state index contributed by atoms with van der Waals surface area (Å²) in [5.74, 6) is 0.340. The molecule has 1 aromatic carbocycles. The number of β-amino-alcohol motifs (C(OH)–C–C–N with tert-alkyl or cyclic N) is 1. The predicted molar refractivity (Wildman–Crippen MR) is 115 cm³/mol. The summed E-state index contributed by atoms with van der Waals surface area (Å²) in [6.07, 6.45) is 4.03. The molecule has 1 unspecified atom stereocenters. The maximum absolute atomic E-state index is 12.6. The molecule has 8 heteroatoms. The van der Waals surface area contributed by atoms with Crippen molar-refractivity contribution in [1.82, 2.24) is 15.3 Å². The van der Waals surface area contributed by atoms with Gasteiger partial charge in [-0.15, -0.1) is 0 Å². The van der Waals surface area contributed by atoms with Crippen molar-refractivity contribution in [1.29, 1.82) is 0 Å². The van der Waals surface area contributed by atoms with E-state index in [1.807, 2.05) is 18.2 Å². The van der Waals surface area contributed by atoms with Crippen molar-refractivity contribution < 1.29 is 14.6 Å². The number of carbonyl (C=O) groups is 1. The Hall–Kier alpha value is -3.23. The van der Waals surface area contributed by atoms with Crippen molar-refractivity contribution in [3.05, 3.63) is 60.4 Å². The number of anilines is 1. The van der Waals surface area contributed by atoms with Gasteiger partial charge in [-0.3, -0.25) is 14.8 Å². The number of amides is 1. The van der Waals surface area contributed by atoms with Crippen LogP contribution in [-0.2, 0) is 0 Å². The molecule has 156 valence electrons. The van der Waals surface area contributed by atoms with Crippen LogP contribution in [0.5, 0.6) is 5.75 Å². The third-order valence-corrected chi connectivity index (χ3v) is 5.21. The first kappa shape index (κ1) is 20.1. The number of fused-ring (bicyclic) bond motifs is 1. The smallest absolute Gasteiger partial charge is 0.251 e. The van der Waals surface area contributed by atoms with E-state index in [0.717, 1.165) is 16.7 Å². The number of hydrogen-bond acceptors (Lipinski definition) is 7. The molecule has 30 heavy (non-hydrogen) atoms. The van der Waals surface area contributed by atoms with Crippen LogP contribution < -0.4 is 20.7 Å². The SMILES string of the molecule is NCCOc1cccc(C(=O)NCC2(O)CCN(c3ccnc4cccnc34)C2)c1. The zero-order chi connectivity index (χ0) is 21.0. The van der Waals surface area contributed by atoms with Crippen molar-refractivity contribution in [3.8, 4) is 5.75 Å². The van der Waals surface area contributed by atoms with Gasteiger partial charge in [-0.1, -0.05) is 6.07 Å². The Morgan fingerprint density at radius 1 is 1.23 bits per heavy atom. The predicted octanol–water partition coefficient (Wildman–Crippen LogP) is 1.34. The van der Waals surface area contributed by atoms with Crippen molar-refractivity contribution in [2.45, 2.75) is 12.0 Å². The maximum atomic E-state index is 12.6. The molecule has 4 rings (SSSR count). The number of carbonyl (C=O) groups excluding carboxylic acids is 1. The second-order valence-electron chi connectivity index (χ2n) is 7.44. The normalized spacial score (nSPS) is 18.5. The van der Waals surface area contributed by atoms with Crippen LogP contribution in [0.3, 0.4) is 0 Å². The largest absolute Gasteiger partial charge is 0.492 e. The summed E-state index contributed by atoms with van der Waals surface area (Å²) in [6, 6.07) is 12.6. The lowest BCUT2D eigenvalue weighted by molar-refractivity contribution is 0.0576. The Bertz CT molecular complexity index is 1040. The number of nitrogens with zero attached hydrogens (tertiary/aromatic N) is 3. The van der Waals surface area contributed by atoms with E-state index in [4.69, 9.17) is 10.5 Å². The minimum Gasteiger partial charge on any atom is -0.492 e. The first-order chi connectivity index (χ1) is 14.6. The number of rotatable bonds is 7. The van der Waals surface area contributed by atoms with Gasteiger partial charge in [-0.25, -0.2) is 0 Å². The molecule has 1 fully saturated rings. The van der Waals surface area contributed by atoms with E-state index < -0.39 is 5.60 Å². The maximum Gasteiger partial charge on any atom is 0.251 e. The molecule has 1 aliphatic heterocycles. The van der Waals surface area contributed by atoms with E-state index in [1.165, 1.54) is 0 Å². The van der Waals surface area contributed by atoms with Gasteiger partial charge >= 0.3 is 0 Å². The number of benzene rings is 1. The summed E-state index contributed by atoms with van der Waals surface area (Å²) in [6.45, 7) is 2.03. The molecule has 0 radical (unpaired) electrons.